The summed E-state index contributed by atoms with van der Waals surface area (Å²) in [6, 6.07) is 11.3. The van der Waals surface area contributed by atoms with Gasteiger partial charge in [-0.3, -0.25) is 9.59 Å². The van der Waals surface area contributed by atoms with Gasteiger partial charge in [-0.15, -0.1) is 11.3 Å². The van der Waals surface area contributed by atoms with Gasteiger partial charge in [-0.2, -0.15) is 0 Å². The molecule has 1 aromatic heterocycles. The maximum absolute atomic E-state index is 12.4. The van der Waals surface area contributed by atoms with Gasteiger partial charge in [-0.1, -0.05) is 25.1 Å². The van der Waals surface area contributed by atoms with E-state index in [4.69, 9.17) is 4.74 Å². The van der Waals surface area contributed by atoms with Crippen LogP contribution >= 0.6 is 27.3 Å². The Bertz CT molecular complexity index is 874. The van der Waals surface area contributed by atoms with Crippen LogP contribution in [-0.4, -0.2) is 36.4 Å². The fraction of sp³-hybridized carbons (Fsp3) is 0.364. The van der Waals surface area contributed by atoms with Gasteiger partial charge < -0.3 is 15.0 Å². The largest absolute Gasteiger partial charge is 0.483 e. The molecule has 1 N–H and O–H groups in total. The molecule has 154 valence electrons. The highest BCUT2D eigenvalue weighted by atomic mass is 79.9. The molecular weight excluding hydrogens is 452 g/mol. The molecule has 2 heterocycles. The molecule has 0 bridgehead atoms. The summed E-state index contributed by atoms with van der Waals surface area (Å²) in [6.45, 7) is 3.65. The number of carbonyl (C=O) groups is 2. The molecule has 1 atom stereocenters. The zero-order chi connectivity index (χ0) is 20.6. The Morgan fingerprint density at radius 3 is 2.69 bits per heavy atom. The van der Waals surface area contributed by atoms with Gasteiger partial charge in [-0.05, 0) is 59.5 Å². The summed E-state index contributed by atoms with van der Waals surface area (Å²) < 4.78 is 6.87. The number of thiophene rings is 1. The summed E-state index contributed by atoms with van der Waals surface area (Å²) in [6.07, 6.45) is 6.17. The molecule has 1 aromatic carbocycles. The molecule has 1 fully saturated rings. The van der Waals surface area contributed by atoms with E-state index >= 15 is 0 Å². The fourth-order valence-corrected chi connectivity index (χ4v) is 4.62. The first-order valence-corrected chi connectivity index (χ1v) is 11.4. The number of nitrogens with zero attached hydrogens (tertiary/aromatic N) is 1. The smallest absolute Gasteiger partial charge is 0.260 e. The number of amides is 2. The average molecular weight is 477 g/mol. The van der Waals surface area contributed by atoms with Crippen molar-refractivity contribution in [3.63, 3.8) is 0 Å². The van der Waals surface area contributed by atoms with Crippen LogP contribution in [0.1, 0.15) is 42.7 Å². The molecule has 2 amide bonds. The minimum absolute atomic E-state index is 0.0134. The minimum Gasteiger partial charge on any atom is -0.483 e. The lowest BCUT2D eigenvalue weighted by Gasteiger charge is -2.21. The SMILES string of the molecule is CCC(NC(=O)/C=C/c1ccc(Br)s1)c1ccccc1OCC(=O)N1CCCC1. The molecule has 1 aliphatic rings. The lowest BCUT2D eigenvalue weighted by Crippen LogP contribution is -2.32. The topological polar surface area (TPSA) is 58.6 Å². The maximum atomic E-state index is 12.4. The molecule has 3 rings (SSSR count). The number of benzene rings is 1. The Morgan fingerprint density at radius 1 is 1.24 bits per heavy atom. The number of halogens is 1. The number of carbonyl (C=O) groups excluding carboxylic acids is 2. The molecular formula is C22H25BrN2O3S. The fourth-order valence-electron chi connectivity index (χ4n) is 3.29. The van der Waals surface area contributed by atoms with E-state index in [1.165, 1.54) is 0 Å². The van der Waals surface area contributed by atoms with Gasteiger partial charge in [0.15, 0.2) is 6.61 Å². The third kappa shape index (κ3) is 6.18. The second-order valence-electron chi connectivity index (χ2n) is 6.86. The van der Waals surface area contributed by atoms with Crippen LogP contribution in [0.2, 0.25) is 0 Å². The highest BCUT2D eigenvalue weighted by Crippen LogP contribution is 2.28. The molecule has 0 aliphatic carbocycles. The minimum atomic E-state index is -0.194. The van der Waals surface area contributed by atoms with Crippen molar-refractivity contribution >= 4 is 45.2 Å². The van der Waals surface area contributed by atoms with Crippen molar-refractivity contribution in [2.75, 3.05) is 19.7 Å². The van der Waals surface area contributed by atoms with E-state index in [1.807, 2.05) is 48.2 Å². The van der Waals surface area contributed by atoms with Gasteiger partial charge in [0, 0.05) is 29.6 Å². The van der Waals surface area contributed by atoms with Crippen LogP contribution in [-0.2, 0) is 9.59 Å². The summed E-state index contributed by atoms with van der Waals surface area (Å²) in [5.74, 6) is 0.488. The predicted molar refractivity (Wildman–Crippen MR) is 120 cm³/mol. The molecule has 2 aromatic rings. The molecule has 0 saturated carbocycles. The van der Waals surface area contributed by atoms with Crippen LogP contribution in [0.5, 0.6) is 5.75 Å². The van der Waals surface area contributed by atoms with E-state index in [2.05, 4.69) is 21.2 Å². The lowest BCUT2D eigenvalue weighted by molar-refractivity contribution is -0.132. The first kappa shape index (κ1) is 21.6. The molecule has 1 unspecified atom stereocenters. The Hall–Kier alpha value is -2.12. The van der Waals surface area contributed by atoms with Crippen LogP contribution in [0.3, 0.4) is 0 Å². The number of likely N-dealkylation sites (tertiary alicyclic amines) is 1. The molecule has 1 aliphatic heterocycles. The van der Waals surface area contributed by atoms with Crippen LogP contribution in [0.4, 0.5) is 0 Å². The van der Waals surface area contributed by atoms with Gasteiger partial charge in [0.1, 0.15) is 5.75 Å². The quantitative estimate of drug-likeness (QED) is 0.557. The Kier molecular flexibility index (Phi) is 7.89. The summed E-state index contributed by atoms with van der Waals surface area (Å²) >= 11 is 4.99. The lowest BCUT2D eigenvalue weighted by atomic mass is 10.0. The number of nitrogens with one attached hydrogen (secondary N) is 1. The van der Waals surface area contributed by atoms with Crippen molar-refractivity contribution in [3.8, 4) is 5.75 Å². The maximum Gasteiger partial charge on any atom is 0.260 e. The van der Waals surface area contributed by atoms with Crippen LogP contribution in [0.15, 0.2) is 46.3 Å². The molecule has 7 heteroatoms. The number of hydrogen-bond donors (Lipinski definition) is 1. The number of hydrogen-bond acceptors (Lipinski definition) is 4. The van der Waals surface area contributed by atoms with Gasteiger partial charge >= 0.3 is 0 Å². The van der Waals surface area contributed by atoms with E-state index < -0.39 is 0 Å². The van der Waals surface area contributed by atoms with Crippen LogP contribution in [0.25, 0.3) is 6.08 Å². The zero-order valence-corrected chi connectivity index (χ0v) is 18.8. The van der Waals surface area contributed by atoms with E-state index in [9.17, 15) is 9.59 Å². The second kappa shape index (κ2) is 10.6. The van der Waals surface area contributed by atoms with Crippen molar-refractivity contribution in [2.24, 2.45) is 0 Å². The summed E-state index contributed by atoms with van der Waals surface area (Å²) in [5, 5.41) is 3.04. The summed E-state index contributed by atoms with van der Waals surface area (Å²) in [7, 11) is 0. The molecule has 29 heavy (non-hydrogen) atoms. The molecule has 0 spiro atoms. The Balaban J connectivity index is 1.63. The van der Waals surface area contributed by atoms with Crippen molar-refractivity contribution < 1.29 is 14.3 Å². The first-order chi connectivity index (χ1) is 14.1. The second-order valence-corrected chi connectivity index (χ2v) is 9.35. The van der Waals surface area contributed by atoms with Crippen molar-refractivity contribution in [1.29, 1.82) is 0 Å². The number of rotatable bonds is 8. The third-order valence-corrected chi connectivity index (χ3v) is 6.41. The highest BCUT2D eigenvalue weighted by Gasteiger charge is 2.20. The van der Waals surface area contributed by atoms with E-state index in [1.54, 1.807) is 23.5 Å². The van der Waals surface area contributed by atoms with Crippen molar-refractivity contribution in [3.05, 3.63) is 56.7 Å². The summed E-state index contributed by atoms with van der Waals surface area (Å²) in [4.78, 5) is 27.5. The van der Waals surface area contributed by atoms with Gasteiger partial charge in [-0.25, -0.2) is 0 Å². The van der Waals surface area contributed by atoms with Crippen LogP contribution in [0, 0.1) is 0 Å². The molecule has 1 saturated heterocycles. The molecule has 5 nitrogen and oxygen atoms in total. The van der Waals surface area contributed by atoms with Gasteiger partial charge in [0.2, 0.25) is 5.91 Å². The Labute approximate surface area is 183 Å². The van der Waals surface area contributed by atoms with Crippen molar-refractivity contribution in [1.82, 2.24) is 10.2 Å². The normalized spacial score (nSPS) is 14.9. The molecule has 0 radical (unpaired) electrons. The predicted octanol–water partition coefficient (Wildman–Crippen LogP) is 4.79. The monoisotopic (exact) mass is 476 g/mol. The van der Waals surface area contributed by atoms with E-state index in [-0.39, 0.29) is 24.5 Å². The van der Waals surface area contributed by atoms with Gasteiger partial charge in [0.05, 0.1) is 9.83 Å². The Morgan fingerprint density at radius 2 is 2.00 bits per heavy atom. The average Bonchev–Trinajstić information content (AvgIpc) is 3.41. The van der Waals surface area contributed by atoms with E-state index in [0.717, 1.165) is 40.2 Å². The highest BCUT2D eigenvalue weighted by molar-refractivity contribution is 9.11. The first-order valence-electron chi connectivity index (χ1n) is 9.80. The van der Waals surface area contributed by atoms with Crippen LogP contribution < -0.4 is 10.1 Å². The van der Waals surface area contributed by atoms with Crippen molar-refractivity contribution in [2.45, 2.75) is 32.2 Å². The van der Waals surface area contributed by atoms with Gasteiger partial charge in [0.25, 0.3) is 5.91 Å². The third-order valence-electron chi connectivity index (χ3n) is 4.82. The number of ether oxygens (including phenoxy) is 1. The standard InChI is InChI=1S/C22H25BrN2O3S/c1-2-18(24-21(26)12-10-16-9-11-20(23)29-16)17-7-3-4-8-19(17)28-15-22(27)25-13-5-6-14-25/h3-4,7-12,18H,2,5-6,13-15H2,1H3,(H,24,26)/b12-10+. The van der Waals surface area contributed by atoms with E-state index in [0.29, 0.717) is 12.2 Å². The number of para-hydroxylation sites is 1. The summed E-state index contributed by atoms with van der Waals surface area (Å²) in [5.41, 5.74) is 0.879. The zero-order valence-electron chi connectivity index (χ0n) is 16.4.